The maximum Gasteiger partial charge on any atom is 0.467 e. The van der Waals surface area contributed by atoms with E-state index in [1.54, 1.807) is 62.4 Å². The summed E-state index contributed by atoms with van der Waals surface area (Å²) in [5.41, 5.74) is -0.103. The van der Waals surface area contributed by atoms with Gasteiger partial charge in [0, 0.05) is 12.0 Å². The quantitative estimate of drug-likeness (QED) is 0.303. The second-order valence-electron chi connectivity index (χ2n) is 7.70. The van der Waals surface area contributed by atoms with Gasteiger partial charge in [-0.05, 0) is 47.7 Å². The second kappa shape index (κ2) is 10.0. The average Bonchev–Trinajstić information content (AvgIpc) is 2.74. The number of alkyl halides is 6. The first-order valence-electron chi connectivity index (χ1n) is 10.1. The summed E-state index contributed by atoms with van der Waals surface area (Å²) < 4.78 is 91.0. The van der Waals surface area contributed by atoms with E-state index < -0.39 is 35.4 Å². The van der Waals surface area contributed by atoms with Gasteiger partial charge in [-0.1, -0.05) is 44.5 Å². The molecule has 0 saturated heterocycles. The number of benzene rings is 2. The molecule has 3 nitrogen and oxygen atoms in total. The zero-order chi connectivity index (χ0) is 24.2. The third-order valence-electron chi connectivity index (χ3n) is 5.81. The van der Waals surface area contributed by atoms with Crippen molar-refractivity contribution in [2.75, 3.05) is 20.8 Å². The second-order valence-corrected chi connectivity index (χ2v) is 7.70. The van der Waals surface area contributed by atoms with Crippen LogP contribution in [-0.2, 0) is 5.41 Å². The molecule has 0 N–H and O–H groups in total. The van der Waals surface area contributed by atoms with E-state index in [1.807, 2.05) is 0 Å². The maximum atomic E-state index is 13.4. The number of halogens is 6. The predicted octanol–water partition coefficient (Wildman–Crippen LogP) is 6.77. The molecule has 2 aromatic rings. The molecule has 2 rings (SSSR count). The van der Waals surface area contributed by atoms with Crippen molar-refractivity contribution in [3.05, 3.63) is 59.7 Å². The van der Waals surface area contributed by atoms with Crippen LogP contribution < -0.4 is 9.47 Å². The third-order valence-corrected chi connectivity index (χ3v) is 5.81. The molecule has 9 heteroatoms. The van der Waals surface area contributed by atoms with Crippen molar-refractivity contribution in [1.29, 1.82) is 0 Å². The normalized spacial score (nSPS) is 13.8. The minimum atomic E-state index is -5.56. The van der Waals surface area contributed by atoms with Gasteiger partial charge in [0.25, 0.3) is 0 Å². The molecular formula is C23H27F6NO2. The van der Waals surface area contributed by atoms with Gasteiger partial charge in [0.15, 0.2) is 0 Å². The van der Waals surface area contributed by atoms with Gasteiger partial charge >= 0.3 is 12.6 Å². The van der Waals surface area contributed by atoms with Crippen LogP contribution in [0.15, 0.2) is 48.5 Å². The molecule has 1 atom stereocenters. The first-order valence-corrected chi connectivity index (χ1v) is 10.1. The van der Waals surface area contributed by atoms with Crippen molar-refractivity contribution >= 4 is 0 Å². The molecule has 2 aromatic carbocycles. The average molecular weight is 463 g/mol. The van der Waals surface area contributed by atoms with Crippen molar-refractivity contribution in [3.8, 4) is 11.5 Å². The fraction of sp³-hybridized carbons (Fsp3) is 0.478. The van der Waals surface area contributed by atoms with Gasteiger partial charge in [0.05, 0.1) is 14.2 Å². The number of hydrogen-bond donors (Lipinski definition) is 0. The highest BCUT2D eigenvalue weighted by atomic mass is 19.4. The SMILES string of the molecule is CCCC(CN(C(F)(F)F)C(F)(F)F)C(C)(c1cccc(OC)c1)c1cccc(OC)c1. The van der Waals surface area contributed by atoms with Gasteiger partial charge in [0.1, 0.15) is 11.5 Å². The van der Waals surface area contributed by atoms with Crippen molar-refractivity contribution < 1.29 is 35.8 Å². The van der Waals surface area contributed by atoms with Crippen LogP contribution in [0.1, 0.15) is 37.8 Å². The highest BCUT2D eigenvalue weighted by Crippen LogP contribution is 2.46. The van der Waals surface area contributed by atoms with Gasteiger partial charge in [-0.15, -0.1) is 4.90 Å². The Labute approximate surface area is 183 Å². The smallest absolute Gasteiger partial charge is 0.467 e. The number of nitrogens with zero attached hydrogens (tertiary/aromatic N) is 1. The number of ether oxygens (including phenoxy) is 2. The molecule has 0 aromatic heterocycles. The summed E-state index contributed by atoms with van der Waals surface area (Å²) in [5.74, 6) is -0.124. The minimum Gasteiger partial charge on any atom is -0.497 e. The monoisotopic (exact) mass is 463 g/mol. The third kappa shape index (κ3) is 5.68. The number of methoxy groups -OCH3 is 2. The van der Waals surface area contributed by atoms with Crippen LogP contribution in [-0.4, -0.2) is 38.3 Å². The highest BCUT2D eigenvalue weighted by molar-refractivity contribution is 5.45. The molecular weight excluding hydrogens is 436 g/mol. The maximum absolute atomic E-state index is 13.4. The predicted molar refractivity (Wildman–Crippen MR) is 110 cm³/mol. The molecule has 0 amide bonds. The molecule has 0 fully saturated rings. The van der Waals surface area contributed by atoms with Gasteiger partial charge < -0.3 is 9.47 Å². The summed E-state index contributed by atoms with van der Waals surface area (Å²) in [6.07, 6.45) is -10.6. The van der Waals surface area contributed by atoms with E-state index in [0.717, 1.165) is 0 Å². The fourth-order valence-corrected chi connectivity index (χ4v) is 4.01. The lowest BCUT2D eigenvalue weighted by molar-refractivity contribution is -0.376. The molecule has 0 radical (unpaired) electrons. The van der Waals surface area contributed by atoms with Gasteiger partial charge in [-0.3, -0.25) is 0 Å². The molecule has 32 heavy (non-hydrogen) atoms. The Balaban J connectivity index is 2.73. The lowest BCUT2D eigenvalue weighted by Gasteiger charge is -2.42. The Bertz CT molecular complexity index is 820. The van der Waals surface area contributed by atoms with Crippen LogP contribution in [0.5, 0.6) is 11.5 Å². The Morgan fingerprint density at radius 3 is 1.59 bits per heavy atom. The first kappa shape index (κ1) is 25.8. The van der Waals surface area contributed by atoms with Crippen LogP contribution in [0.25, 0.3) is 0 Å². The van der Waals surface area contributed by atoms with Gasteiger partial charge in [-0.25, -0.2) is 0 Å². The van der Waals surface area contributed by atoms with Crippen molar-refractivity contribution in [2.24, 2.45) is 5.92 Å². The molecule has 1 unspecified atom stereocenters. The Morgan fingerprint density at radius 1 is 0.812 bits per heavy atom. The van der Waals surface area contributed by atoms with Crippen molar-refractivity contribution in [2.45, 2.75) is 44.7 Å². The van der Waals surface area contributed by atoms with Gasteiger partial charge in [0.2, 0.25) is 0 Å². The standard InChI is InChI=1S/C23H27F6NO2/c1-5-8-18(15-30(22(24,25)26)23(27,28)29)21(2,16-9-6-11-19(13-16)31-3)17-10-7-12-20(14-17)32-4/h6-7,9-14,18H,5,8,15H2,1-4H3. The van der Waals surface area contributed by atoms with Gasteiger partial charge in [-0.2, -0.15) is 26.3 Å². The van der Waals surface area contributed by atoms with Crippen LogP contribution >= 0.6 is 0 Å². The molecule has 0 aliphatic heterocycles. The molecule has 178 valence electrons. The van der Waals surface area contributed by atoms with E-state index in [2.05, 4.69) is 0 Å². The van der Waals surface area contributed by atoms with E-state index in [1.165, 1.54) is 14.2 Å². The summed E-state index contributed by atoms with van der Waals surface area (Å²) in [6.45, 7) is 2.16. The minimum absolute atomic E-state index is 0.133. The molecule has 0 spiro atoms. The van der Waals surface area contributed by atoms with Crippen LogP contribution in [0.4, 0.5) is 26.3 Å². The number of hydrogen-bond acceptors (Lipinski definition) is 3. The van der Waals surface area contributed by atoms with E-state index >= 15 is 0 Å². The van der Waals surface area contributed by atoms with E-state index in [-0.39, 0.29) is 6.42 Å². The Morgan fingerprint density at radius 2 is 1.25 bits per heavy atom. The lowest BCUT2D eigenvalue weighted by atomic mass is 9.65. The Hall–Kier alpha value is -2.42. The molecule has 0 bridgehead atoms. The lowest BCUT2D eigenvalue weighted by Crippen LogP contribution is -2.53. The summed E-state index contributed by atoms with van der Waals surface area (Å²) >= 11 is 0. The van der Waals surface area contributed by atoms with E-state index in [9.17, 15) is 26.3 Å². The summed E-state index contributed by atoms with van der Waals surface area (Å²) in [5, 5.41) is 0. The van der Waals surface area contributed by atoms with Crippen LogP contribution in [0.2, 0.25) is 0 Å². The van der Waals surface area contributed by atoms with E-state index in [4.69, 9.17) is 9.47 Å². The molecule has 0 aliphatic rings. The first-order chi connectivity index (χ1) is 14.9. The largest absolute Gasteiger partial charge is 0.497 e. The van der Waals surface area contributed by atoms with Crippen molar-refractivity contribution in [1.82, 2.24) is 4.90 Å². The molecule has 0 heterocycles. The summed E-state index contributed by atoms with van der Waals surface area (Å²) in [7, 11) is 2.89. The zero-order valence-corrected chi connectivity index (χ0v) is 18.3. The van der Waals surface area contributed by atoms with Crippen molar-refractivity contribution in [3.63, 3.8) is 0 Å². The highest BCUT2D eigenvalue weighted by Gasteiger charge is 2.55. The summed E-state index contributed by atoms with van der Waals surface area (Å²) in [6, 6.07) is 13.3. The zero-order valence-electron chi connectivity index (χ0n) is 18.3. The van der Waals surface area contributed by atoms with Crippen LogP contribution in [0.3, 0.4) is 0 Å². The molecule has 0 aliphatic carbocycles. The topological polar surface area (TPSA) is 21.7 Å². The van der Waals surface area contributed by atoms with E-state index in [0.29, 0.717) is 29.0 Å². The fourth-order valence-electron chi connectivity index (χ4n) is 4.01. The number of rotatable bonds is 9. The van der Waals surface area contributed by atoms with Crippen LogP contribution in [0, 0.1) is 5.92 Å². The summed E-state index contributed by atoms with van der Waals surface area (Å²) in [4.78, 5) is -1.33. The Kier molecular flexibility index (Phi) is 8.09. The molecule has 0 saturated carbocycles.